The van der Waals surface area contributed by atoms with Gasteiger partial charge >= 0.3 is 0 Å². The average molecular weight is 279 g/mol. The number of carbonyl (C=O) groups is 1. The molecule has 20 heavy (non-hydrogen) atoms. The molecule has 1 aromatic carbocycles. The van der Waals surface area contributed by atoms with Gasteiger partial charge in [0.15, 0.2) is 0 Å². The van der Waals surface area contributed by atoms with Crippen molar-refractivity contribution in [2.24, 2.45) is 5.92 Å². The SMILES string of the molecule is CCCOc1cccc(C(=O)NC(CCO)C(C)C)c1. The molecular formula is C16H25NO3. The Labute approximate surface area is 121 Å². The van der Waals surface area contributed by atoms with Crippen LogP contribution in [0.15, 0.2) is 24.3 Å². The van der Waals surface area contributed by atoms with E-state index >= 15 is 0 Å². The smallest absolute Gasteiger partial charge is 0.251 e. The Balaban J connectivity index is 2.70. The standard InChI is InChI=1S/C16H25NO3/c1-4-10-20-14-7-5-6-13(11-14)16(19)17-15(8-9-18)12(2)3/h5-7,11-12,15,18H,4,8-10H2,1-3H3,(H,17,19). The molecule has 1 rings (SSSR count). The molecule has 0 radical (unpaired) electrons. The van der Waals surface area contributed by atoms with Crippen LogP contribution in [0.2, 0.25) is 0 Å². The van der Waals surface area contributed by atoms with E-state index in [0.29, 0.717) is 24.3 Å². The van der Waals surface area contributed by atoms with Crippen LogP contribution in [0.25, 0.3) is 0 Å². The van der Waals surface area contributed by atoms with Crippen molar-refractivity contribution in [3.8, 4) is 5.75 Å². The van der Waals surface area contributed by atoms with Crippen LogP contribution in [0.1, 0.15) is 44.0 Å². The minimum atomic E-state index is -0.126. The summed E-state index contributed by atoms with van der Waals surface area (Å²) in [7, 11) is 0. The van der Waals surface area contributed by atoms with E-state index in [4.69, 9.17) is 9.84 Å². The number of hydrogen-bond donors (Lipinski definition) is 2. The summed E-state index contributed by atoms with van der Waals surface area (Å²) < 4.78 is 5.53. The van der Waals surface area contributed by atoms with Gasteiger partial charge in [-0.2, -0.15) is 0 Å². The topological polar surface area (TPSA) is 58.6 Å². The number of rotatable bonds is 8. The lowest BCUT2D eigenvalue weighted by molar-refractivity contribution is 0.0916. The summed E-state index contributed by atoms with van der Waals surface area (Å²) in [4.78, 5) is 12.2. The lowest BCUT2D eigenvalue weighted by Crippen LogP contribution is -2.39. The van der Waals surface area contributed by atoms with Crippen molar-refractivity contribution in [2.45, 2.75) is 39.7 Å². The van der Waals surface area contributed by atoms with Crippen LogP contribution in [0.4, 0.5) is 0 Å². The van der Waals surface area contributed by atoms with Crippen LogP contribution in [-0.4, -0.2) is 30.3 Å². The molecule has 1 unspecified atom stereocenters. The van der Waals surface area contributed by atoms with E-state index in [-0.39, 0.29) is 24.5 Å². The third kappa shape index (κ3) is 5.21. The Kier molecular flexibility index (Phi) is 7.09. The number of aliphatic hydroxyl groups is 1. The highest BCUT2D eigenvalue weighted by molar-refractivity contribution is 5.94. The molecule has 0 aliphatic rings. The summed E-state index contributed by atoms with van der Waals surface area (Å²) in [5.41, 5.74) is 0.585. The molecule has 0 bridgehead atoms. The third-order valence-electron chi connectivity index (χ3n) is 3.13. The van der Waals surface area contributed by atoms with Crippen molar-refractivity contribution >= 4 is 5.91 Å². The van der Waals surface area contributed by atoms with Gasteiger partial charge in [0, 0.05) is 18.2 Å². The first-order valence-corrected chi connectivity index (χ1v) is 7.23. The van der Waals surface area contributed by atoms with Gasteiger partial charge in [-0.15, -0.1) is 0 Å². The lowest BCUT2D eigenvalue weighted by Gasteiger charge is -2.21. The zero-order chi connectivity index (χ0) is 15.0. The quantitative estimate of drug-likeness (QED) is 0.769. The maximum atomic E-state index is 12.2. The molecule has 0 aromatic heterocycles. The summed E-state index contributed by atoms with van der Waals surface area (Å²) in [5.74, 6) is 0.868. The van der Waals surface area contributed by atoms with E-state index in [9.17, 15) is 4.79 Å². The number of nitrogens with one attached hydrogen (secondary N) is 1. The Morgan fingerprint density at radius 2 is 2.15 bits per heavy atom. The van der Waals surface area contributed by atoms with Crippen molar-refractivity contribution in [3.05, 3.63) is 29.8 Å². The third-order valence-corrected chi connectivity index (χ3v) is 3.13. The second-order valence-corrected chi connectivity index (χ2v) is 5.21. The minimum Gasteiger partial charge on any atom is -0.494 e. The number of hydrogen-bond acceptors (Lipinski definition) is 3. The summed E-state index contributed by atoms with van der Waals surface area (Å²) in [5, 5.41) is 12.0. The largest absolute Gasteiger partial charge is 0.494 e. The zero-order valence-electron chi connectivity index (χ0n) is 12.6. The lowest BCUT2D eigenvalue weighted by atomic mass is 10.0. The Hall–Kier alpha value is -1.55. The normalized spacial score (nSPS) is 12.2. The minimum absolute atomic E-state index is 0.0206. The van der Waals surface area contributed by atoms with Crippen LogP contribution < -0.4 is 10.1 Å². The molecule has 0 heterocycles. The monoisotopic (exact) mass is 279 g/mol. The highest BCUT2D eigenvalue weighted by Gasteiger charge is 2.16. The first-order chi connectivity index (χ1) is 9.58. The van der Waals surface area contributed by atoms with E-state index in [1.54, 1.807) is 12.1 Å². The molecule has 4 heteroatoms. The van der Waals surface area contributed by atoms with E-state index in [2.05, 4.69) is 5.32 Å². The summed E-state index contributed by atoms with van der Waals surface area (Å²) in [6, 6.07) is 7.16. The maximum absolute atomic E-state index is 12.2. The number of carbonyl (C=O) groups excluding carboxylic acids is 1. The van der Waals surface area contributed by atoms with Gasteiger partial charge < -0.3 is 15.2 Å². The van der Waals surface area contributed by atoms with Crippen LogP contribution in [-0.2, 0) is 0 Å². The van der Waals surface area contributed by atoms with Gasteiger partial charge in [0.05, 0.1) is 6.61 Å². The van der Waals surface area contributed by atoms with E-state index in [1.165, 1.54) is 0 Å². The van der Waals surface area contributed by atoms with Gasteiger partial charge in [-0.05, 0) is 37.0 Å². The molecule has 0 aliphatic carbocycles. The highest BCUT2D eigenvalue weighted by atomic mass is 16.5. The molecule has 0 fully saturated rings. The van der Waals surface area contributed by atoms with Crippen molar-refractivity contribution < 1.29 is 14.6 Å². The Bertz CT molecular complexity index is 418. The molecule has 4 nitrogen and oxygen atoms in total. The van der Waals surface area contributed by atoms with E-state index in [0.717, 1.165) is 6.42 Å². The molecule has 0 aliphatic heterocycles. The Morgan fingerprint density at radius 1 is 1.40 bits per heavy atom. The fourth-order valence-corrected chi connectivity index (χ4v) is 1.91. The predicted molar refractivity (Wildman–Crippen MR) is 80.0 cm³/mol. The fraction of sp³-hybridized carbons (Fsp3) is 0.562. The van der Waals surface area contributed by atoms with Gasteiger partial charge in [0.25, 0.3) is 5.91 Å². The van der Waals surface area contributed by atoms with Crippen LogP contribution in [0, 0.1) is 5.92 Å². The fourth-order valence-electron chi connectivity index (χ4n) is 1.91. The van der Waals surface area contributed by atoms with Gasteiger partial charge in [0.1, 0.15) is 5.75 Å². The molecule has 112 valence electrons. The van der Waals surface area contributed by atoms with Crippen LogP contribution in [0.5, 0.6) is 5.75 Å². The van der Waals surface area contributed by atoms with Crippen LogP contribution in [0.3, 0.4) is 0 Å². The zero-order valence-corrected chi connectivity index (χ0v) is 12.6. The molecule has 0 saturated heterocycles. The number of aliphatic hydroxyl groups excluding tert-OH is 1. The molecule has 1 atom stereocenters. The second kappa shape index (κ2) is 8.59. The summed E-state index contributed by atoms with van der Waals surface area (Å²) in [6.45, 7) is 6.81. The van der Waals surface area contributed by atoms with Gasteiger partial charge in [0.2, 0.25) is 0 Å². The van der Waals surface area contributed by atoms with E-state index in [1.807, 2.05) is 32.9 Å². The highest BCUT2D eigenvalue weighted by Crippen LogP contribution is 2.14. The molecule has 0 spiro atoms. The number of benzene rings is 1. The number of ether oxygens (including phenoxy) is 1. The van der Waals surface area contributed by atoms with Crippen molar-refractivity contribution in [2.75, 3.05) is 13.2 Å². The Morgan fingerprint density at radius 3 is 2.75 bits per heavy atom. The first-order valence-electron chi connectivity index (χ1n) is 7.23. The maximum Gasteiger partial charge on any atom is 0.251 e. The van der Waals surface area contributed by atoms with E-state index < -0.39 is 0 Å². The van der Waals surface area contributed by atoms with Crippen molar-refractivity contribution in [1.82, 2.24) is 5.32 Å². The van der Waals surface area contributed by atoms with Gasteiger partial charge in [-0.1, -0.05) is 26.8 Å². The molecule has 1 amide bonds. The summed E-state index contributed by atoms with van der Waals surface area (Å²) >= 11 is 0. The first kappa shape index (κ1) is 16.5. The average Bonchev–Trinajstić information content (AvgIpc) is 2.44. The predicted octanol–water partition coefficient (Wildman–Crippen LogP) is 2.61. The van der Waals surface area contributed by atoms with Crippen LogP contribution >= 0.6 is 0 Å². The molecular weight excluding hydrogens is 254 g/mol. The molecule has 2 N–H and O–H groups in total. The molecule has 1 aromatic rings. The molecule has 0 saturated carbocycles. The summed E-state index contributed by atoms with van der Waals surface area (Å²) in [6.07, 6.45) is 1.50. The second-order valence-electron chi connectivity index (χ2n) is 5.21. The van der Waals surface area contributed by atoms with Crippen molar-refractivity contribution in [3.63, 3.8) is 0 Å². The van der Waals surface area contributed by atoms with Gasteiger partial charge in [-0.25, -0.2) is 0 Å². The van der Waals surface area contributed by atoms with Crippen molar-refractivity contribution in [1.29, 1.82) is 0 Å². The van der Waals surface area contributed by atoms with Gasteiger partial charge in [-0.3, -0.25) is 4.79 Å². The number of amides is 1.